The number of ether oxygens (including phenoxy) is 1. The molecule has 170 valence electrons. The van der Waals surface area contributed by atoms with Gasteiger partial charge in [-0.25, -0.2) is 8.42 Å². The van der Waals surface area contributed by atoms with Gasteiger partial charge in [-0.3, -0.25) is 9.59 Å². The third kappa shape index (κ3) is 5.01. The van der Waals surface area contributed by atoms with Crippen LogP contribution in [0.1, 0.15) is 46.4 Å². The molecule has 0 unspecified atom stereocenters. The summed E-state index contributed by atoms with van der Waals surface area (Å²) in [6.45, 7) is 2.19. The zero-order valence-electron chi connectivity index (χ0n) is 17.7. The van der Waals surface area contributed by atoms with Crippen molar-refractivity contribution in [3.05, 3.63) is 59.7 Å². The highest BCUT2D eigenvalue weighted by molar-refractivity contribution is 7.89. The van der Waals surface area contributed by atoms with Crippen molar-refractivity contribution in [3.8, 4) is 0 Å². The fourth-order valence-corrected chi connectivity index (χ4v) is 5.46. The summed E-state index contributed by atoms with van der Waals surface area (Å²) in [6, 6.07) is 12.6. The third-order valence-electron chi connectivity index (χ3n) is 5.75. The van der Waals surface area contributed by atoms with E-state index in [4.69, 9.17) is 4.74 Å². The number of carbonyl (C=O) groups excluding carboxylic acids is 2. The summed E-state index contributed by atoms with van der Waals surface area (Å²) in [5, 5.41) is 5.62. The molecule has 0 aliphatic carbocycles. The first-order valence-electron chi connectivity index (χ1n) is 10.9. The minimum absolute atomic E-state index is 0.0241. The lowest BCUT2D eigenvalue weighted by atomic mass is 10.1. The summed E-state index contributed by atoms with van der Waals surface area (Å²) >= 11 is 0. The number of para-hydroxylation sites is 1. The molecule has 2 aromatic rings. The van der Waals surface area contributed by atoms with Crippen molar-refractivity contribution >= 4 is 27.5 Å². The highest BCUT2D eigenvalue weighted by atomic mass is 32.2. The molecule has 32 heavy (non-hydrogen) atoms. The first kappa shape index (κ1) is 22.4. The van der Waals surface area contributed by atoms with Crippen LogP contribution in [-0.4, -0.2) is 56.9 Å². The van der Waals surface area contributed by atoms with Crippen molar-refractivity contribution in [1.82, 2.24) is 9.62 Å². The number of nitrogens with one attached hydrogen (secondary N) is 2. The lowest BCUT2D eigenvalue weighted by Gasteiger charge is -2.16. The van der Waals surface area contributed by atoms with Gasteiger partial charge in [0, 0.05) is 31.8 Å². The Hall–Kier alpha value is -2.75. The van der Waals surface area contributed by atoms with Crippen LogP contribution in [0.15, 0.2) is 53.4 Å². The Bertz CT molecular complexity index is 1070. The Kier molecular flexibility index (Phi) is 6.88. The van der Waals surface area contributed by atoms with E-state index in [2.05, 4.69) is 10.6 Å². The highest BCUT2D eigenvalue weighted by Gasteiger charge is 2.27. The maximum atomic E-state index is 12.8. The zero-order chi connectivity index (χ0) is 22.6. The Labute approximate surface area is 188 Å². The summed E-state index contributed by atoms with van der Waals surface area (Å²) in [5.74, 6) is -0.710. The molecule has 2 N–H and O–H groups in total. The van der Waals surface area contributed by atoms with Gasteiger partial charge in [-0.2, -0.15) is 4.31 Å². The second-order valence-corrected chi connectivity index (χ2v) is 9.92. The monoisotopic (exact) mass is 457 g/mol. The van der Waals surface area contributed by atoms with E-state index in [9.17, 15) is 18.0 Å². The number of rotatable bonds is 7. The van der Waals surface area contributed by atoms with Crippen LogP contribution in [-0.2, 0) is 14.8 Å². The first-order chi connectivity index (χ1) is 15.4. The van der Waals surface area contributed by atoms with Crippen LogP contribution in [0, 0.1) is 0 Å². The summed E-state index contributed by atoms with van der Waals surface area (Å²) in [6.07, 6.45) is 3.66. The standard InChI is InChI=1S/C23H27N3O5S/c27-22(17-9-11-19(12-10-17)32(29,30)26-13-3-4-14-26)25-21-8-2-1-7-20(21)23(28)24-16-18-6-5-15-31-18/h1-2,7-12,18H,3-6,13-16H2,(H,24,28)(H,25,27)/t18-/m1/s1. The minimum atomic E-state index is -3.53. The van der Waals surface area contributed by atoms with E-state index in [1.807, 2.05) is 0 Å². The second kappa shape index (κ2) is 9.81. The van der Waals surface area contributed by atoms with E-state index in [0.29, 0.717) is 43.1 Å². The van der Waals surface area contributed by atoms with Crippen LogP contribution in [0.4, 0.5) is 5.69 Å². The molecule has 2 aliphatic rings. The molecule has 4 rings (SSSR count). The third-order valence-corrected chi connectivity index (χ3v) is 7.67. The number of benzene rings is 2. The largest absolute Gasteiger partial charge is 0.376 e. The van der Waals surface area contributed by atoms with Crippen LogP contribution in [0.2, 0.25) is 0 Å². The van der Waals surface area contributed by atoms with Crippen LogP contribution in [0.3, 0.4) is 0 Å². The topological polar surface area (TPSA) is 105 Å². The van der Waals surface area contributed by atoms with Crippen molar-refractivity contribution in [1.29, 1.82) is 0 Å². The first-order valence-corrected chi connectivity index (χ1v) is 12.3. The molecule has 0 radical (unpaired) electrons. The van der Waals surface area contributed by atoms with Crippen molar-refractivity contribution < 1.29 is 22.7 Å². The lowest BCUT2D eigenvalue weighted by Crippen LogP contribution is -2.32. The van der Waals surface area contributed by atoms with E-state index in [1.54, 1.807) is 24.3 Å². The van der Waals surface area contributed by atoms with E-state index >= 15 is 0 Å². The molecular formula is C23H27N3O5S. The Morgan fingerprint density at radius 3 is 2.38 bits per heavy atom. The predicted molar refractivity (Wildman–Crippen MR) is 120 cm³/mol. The molecule has 0 spiro atoms. The van der Waals surface area contributed by atoms with Gasteiger partial charge >= 0.3 is 0 Å². The highest BCUT2D eigenvalue weighted by Crippen LogP contribution is 2.22. The lowest BCUT2D eigenvalue weighted by molar-refractivity contribution is 0.0858. The predicted octanol–water partition coefficient (Wildman–Crippen LogP) is 2.63. The molecule has 2 heterocycles. The molecule has 8 nitrogen and oxygen atoms in total. The van der Waals surface area contributed by atoms with Crippen LogP contribution in [0.25, 0.3) is 0 Å². The van der Waals surface area contributed by atoms with Crippen molar-refractivity contribution in [2.75, 3.05) is 31.6 Å². The SMILES string of the molecule is O=C(Nc1ccccc1C(=O)NC[C@H]1CCCO1)c1ccc(S(=O)(=O)N2CCCC2)cc1. The molecule has 2 aliphatic heterocycles. The number of anilines is 1. The van der Waals surface area contributed by atoms with Gasteiger partial charge in [-0.05, 0) is 62.1 Å². The summed E-state index contributed by atoms with van der Waals surface area (Å²) in [5.41, 5.74) is 1.04. The normalized spacial score (nSPS) is 19.1. The molecule has 2 saturated heterocycles. The Morgan fingerprint density at radius 1 is 0.969 bits per heavy atom. The van der Waals surface area contributed by atoms with Gasteiger partial charge in [0.05, 0.1) is 22.3 Å². The van der Waals surface area contributed by atoms with Gasteiger partial charge in [-0.15, -0.1) is 0 Å². The van der Waals surface area contributed by atoms with E-state index in [1.165, 1.54) is 28.6 Å². The summed E-state index contributed by atoms with van der Waals surface area (Å²) in [4.78, 5) is 25.6. The summed E-state index contributed by atoms with van der Waals surface area (Å²) in [7, 11) is -3.53. The average Bonchev–Trinajstić information content (AvgIpc) is 3.52. The van der Waals surface area contributed by atoms with Gasteiger partial charge in [0.2, 0.25) is 10.0 Å². The molecule has 0 saturated carbocycles. The number of hydrogen-bond acceptors (Lipinski definition) is 5. The summed E-state index contributed by atoms with van der Waals surface area (Å²) < 4.78 is 32.3. The smallest absolute Gasteiger partial charge is 0.255 e. The van der Waals surface area contributed by atoms with E-state index in [-0.39, 0.29) is 16.9 Å². The average molecular weight is 458 g/mol. The maximum Gasteiger partial charge on any atom is 0.255 e. The van der Waals surface area contributed by atoms with Gasteiger partial charge in [0.15, 0.2) is 0 Å². The molecule has 9 heteroatoms. The Morgan fingerprint density at radius 2 is 1.69 bits per heavy atom. The number of sulfonamides is 1. The van der Waals surface area contributed by atoms with Gasteiger partial charge < -0.3 is 15.4 Å². The molecule has 2 amide bonds. The second-order valence-electron chi connectivity index (χ2n) is 7.98. The fraction of sp³-hybridized carbons (Fsp3) is 0.391. The molecule has 1 atom stereocenters. The minimum Gasteiger partial charge on any atom is -0.376 e. The Balaban J connectivity index is 1.43. The quantitative estimate of drug-likeness (QED) is 0.665. The molecule has 2 aromatic carbocycles. The van der Waals surface area contributed by atoms with E-state index < -0.39 is 15.9 Å². The number of hydrogen-bond donors (Lipinski definition) is 2. The molecule has 2 fully saturated rings. The number of nitrogens with zero attached hydrogens (tertiary/aromatic N) is 1. The van der Waals surface area contributed by atoms with Crippen molar-refractivity contribution in [2.24, 2.45) is 0 Å². The van der Waals surface area contributed by atoms with E-state index in [0.717, 1.165) is 25.7 Å². The fourth-order valence-electron chi connectivity index (χ4n) is 3.95. The van der Waals surface area contributed by atoms with Crippen molar-refractivity contribution in [2.45, 2.75) is 36.7 Å². The van der Waals surface area contributed by atoms with Gasteiger partial charge in [0.1, 0.15) is 0 Å². The van der Waals surface area contributed by atoms with Crippen LogP contribution < -0.4 is 10.6 Å². The molecule has 0 aromatic heterocycles. The maximum absolute atomic E-state index is 12.8. The van der Waals surface area contributed by atoms with Crippen LogP contribution in [0.5, 0.6) is 0 Å². The van der Waals surface area contributed by atoms with Crippen molar-refractivity contribution in [3.63, 3.8) is 0 Å². The number of carbonyl (C=O) groups is 2. The van der Waals surface area contributed by atoms with Gasteiger partial charge in [0.25, 0.3) is 11.8 Å². The van der Waals surface area contributed by atoms with Crippen LogP contribution >= 0.6 is 0 Å². The van der Waals surface area contributed by atoms with Gasteiger partial charge in [-0.1, -0.05) is 12.1 Å². The number of amides is 2. The molecule has 0 bridgehead atoms. The molecular weight excluding hydrogens is 430 g/mol. The zero-order valence-corrected chi connectivity index (χ0v) is 18.6.